The lowest BCUT2D eigenvalue weighted by Crippen LogP contribution is -2.32. The molecule has 1 aromatic heterocycles. The molecule has 0 atom stereocenters. The maximum atomic E-state index is 12.8. The molecular weight excluding hydrogens is 492 g/mol. The molecule has 0 spiro atoms. The Labute approximate surface area is 217 Å². The van der Waals surface area contributed by atoms with E-state index in [2.05, 4.69) is 19.8 Å². The maximum absolute atomic E-state index is 12.8. The van der Waals surface area contributed by atoms with Crippen LogP contribution in [-0.4, -0.2) is 40.8 Å². The Morgan fingerprint density at radius 2 is 1.41 bits per heavy atom. The van der Waals surface area contributed by atoms with Crippen molar-refractivity contribution in [1.29, 1.82) is 0 Å². The summed E-state index contributed by atoms with van der Waals surface area (Å²) >= 11 is 0.865. The van der Waals surface area contributed by atoms with Crippen LogP contribution in [0.15, 0.2) is 96.2 Å². The van der Waals surface area contributed by atoms with E-state index in [1.165, 1.54) is 7.11 Å². The molecule has 4 aromatic rings. The van der Waals surface area contributed by atoms with Crippen molar-refractivity contribution in [2.24, 2.45) is 5.16 Å². The van der Waals surface area contributed by atoms with Crippen LogP contribution in [0.3, 0.4) is 0 Å². The summed E-state index contributed by atoms with van der Waals surface area (Å²) in [5, 5.41) is 6.87. The average molecular weight is 517 g/mol. The molecule has 1 N–H and O–H groups in total. The largest absolute Gasteiger partial charge is 0.464 e. The van der Waals surface area contributed by atoms with Crippen molar-refractivity contribution in [3.8, 4) is 0 Å². The zero-order valence-electron chi connectivity index (χ0n) is 20.2. The van der Waals surface area contributed by atoms with Gasteiger partial charge in [0.25, 0.3) is 0 Å². The lowest BCUT2D eigenvalue weighted by molar-refractivity contribution is -0.133. The van der Waals surface area contributed by atoms with Crippen molar-refractivity contribution in [2.75, 3.05) is 19.0 Å². The molecule has 0 aliphatic heterocycles. The van der Waals surface area contributed by atoms with E-state index in [-0.39, 0.29) is 23.3 Å². The van der Waals surface area contributed by atoms with Crippen LogP contribution in [0.4, 0.5) is 9.93 Å². The van der Waals surface area contributed by atoms with E-state index in [0.29, 0.717) is 0 Å². The third-order valence-corrected chi connectivity index (χ3v) is 5.95. The van der Waals surface area contributed by atoms with Crippen LogP contribution >= 0.6 is 11.5 Å². The Morgan fingerprint density at radius 3 is 1.86 bits per heavy atom. The van der Waals surface area contributed by atoms with Crippen LogP contribution in [-0.2, 0) is 24.7 Å². The maximum Gasteiger partial charge on any atom is 0.413 e. The Bertz CT molecular complexity index is 1260. The molecule has 0 aliphatic rings. The highest BCUT2D eigenvalue weighted by atomic mass is 32.1. The van der Waals surface area contributed by atoms with Gasteiger partial charge in [-0.25, -0.2) is 9.59 Å². The first-order chi connectivity index (χ1) is 18.1. The number of hydrogen-bond donors (Lipinski definition) is 1. The molecule has 0 aliphatic carbocycles. The summed E-state index contributed by atoms with van der Waals surface area (Å²) in [7, 11) is 1.22. The van der Waals surface area contributed by atoms with Gasteiger partial charge in [0.15, 0.2) is 0 Å². The molecule has 188 valence electrons. The summed E-state index contributed by atoms with van der Waals surface area (Å²) < 4.78 is 14.0. The molecule has 0 saturated carbocycles. The van der Waals surface area contributed by atoms with E-state index < -0.39 is 17.7 Å². The average Bonchev–Trinajstić information content (AvgIpc) is 3.40. The van der Waals surface area contributed by atoms with E-state index in [9.17, 15) is 9.59 Å². The molecule has 4 rings (SSSR count). The SMILES string of the molecule is CCOC(=O)Nc1nc(/C(=N/OC(c2ccccc2)(c2ccccc2)c2ccccc2)C(=O)OC)ns1. The Morgan fingerprint density at radius 1 is 0.892 bits per heavy atom. The normalized spacial score (nSPS) is 11.5. The molecule has 37 heavy (non-hydrogen) atoms. The molecule has 0 bridgehead atoms. The third kappa shape index (κ3) is 5.65. The minimum atomic E-state index is -1.22. The predicted octanol–water partition coefficient (Wildman–Crippen LogP) is 4.99. The monoisotopic (exact) mass is 516 g/mol. The van der Waals surface area contributed by atoms with Gasteiger partial charge in [-0.1, -0.05) is 96.2 Å². The van der Waals surface area contributed by atoms with E-state index in [1.807, 2.05) is 91.0 Å². The fraction of sp³-hybridized carbons (Fsp3) is 0.148. The molecule has 10 heteroatoms. The summed E-state index contributed by atoms with van der Waals surface area (Å²) in [4.78, 5) is 35.1. The number of anilines is 1. The molecule has 0 unspecified atom stereocenters. The number of benzene rings is 3. The molecular formula is C27H24N4O5S. The van der Waals surface area contributed by atoms with Gasteiger partial charge in [-0.2, -0.15) is 9.36 Å². The van der Waals surface area contributed by atoms with Crippen LogP contribution in [0.5, 0.6) is 0 Å². The lowest BCUT2D eigenvalue weighted by atomic mass is 9.80. The van der Waals surface area contributed by atoms with Crippen molar-refractivity contribution in [3.05, 3.63) is 114 Å². The lowest BCUT2D eigenvalue weighted by Gasteiger charge is -2.33. The smallest absolute Gasteiger partial charge is 0.413 e. The minimum absolute atomic E-state index is 0.0632. The van der Waals surface area contributed by atoms with Gasteiger partial charge in [-0.05, 0) is 6.92 Å². The second-order valence-corrected chi connectivity index (χ2v) is 8.32. The van der Waals surface area contributed by atoms with Crippen molar-refractivity contribution >= 4 is 34.4 Å². The van der Waals surface area contributed by atoms with Crippen LogP contribution in [0.1, 0.15) is 29.4 Å². The number of ether oxygens (including phenoxy) is 2. The Hall–Kier alpha value is -4.57. The molecule has 1 amide bonds. The van der Waals surface area contributed by atoms with Gasteiger partial charge in [0.05, 0.1) is 13.7 Å². The topological polar surface area (TPSA) is 112 Å². The summed E-state index contributed by atoms with van der Waals surface area (Å²) in [6, 6.07) is 28.7. The van der Waals surface area contributed by atoms with Gasteiger partial charge in [0.1, 0.15) is 0 Å². The van der Waals surface area contributed by atoms with Crippen molar-refractivity contribution in [2.45, 2.75) is 12.5 Å². The number of esters is 1. The number of rotatable bonds is 9. The highest BCUT2D eigenvalue weighted by Crippen LogP contribution is 2.40. The van der Waals surface area contributed by atoms with Crippen LogP contribution in [0, 0.1) is 0 Å². The number of hydrogen-bond acceptors (Lipinski definition) is 9. The van der Waals surface area contributed by atoms with Gasteiger partial charge in [0.2, 0.25) is 22.3 Å². The molecule has 0 radical (unpaired) electrons. The standard InChI is InChI=1S/C27H24N4O5S/c1-3-35-26(33)29-25-28-23(31-37-25)22(24(32)34-2)30-36-27(19-13-7-4-8-14-19,20-15-9-5-10-16-20)21-17-11-6-12-18-21/h4-18H,3H2,1-2H3,(H,28,29,31,33)/b30-22-. The number of oxime groups is 1. The second kappa shape index (κ2) is 11.9. The molecule has 0 saturated heterocycles. The molecule has 3 aromatic carbocycles. The third-order valence-electron chi connectivity index (χ3n) is 5.32. The van der Waals surface area contributed by atoms with Crippen molar-refractivity contribution in [1.82, 2.24) is 9.36 Å². The van der Waals surface area contributed by atoms with E-state index in [1.54, 1.807) is 6.92 Å². The van der Waals surface area contributed by atoms with Gasteiger partial charge in [-0.3, -0.25) is 5.32 Å². The zero-order chi connectivity index (χ0) is 26.1. The van der Waals surface area contributed by atoms with E-state index in [0.717, 1.165) is 28.2 Å². The summed E-state index contributed by atoms with van der Waals surface area (Å²) in [6.45, 7) is 1.88. The van der Waals surface area contributed by atoms with Gasteiger partial charge < -0.3 is 14.3 Å². The summed E-state index contributed by atoms with van der Waals surface area (Å²) in [5.74, 6) is -0.865. The van der Waals surface area contributed by atoms with Gasteiger partial charge in [-0.15, -0.1) is 0 Å². The molecule has 1 heterocycles. The quantitative estimate of drug-likeness (QED) is 0.144. The number of methoxy groups -OCH3 is 1. The number of carbonyl (C=O) groups excluding carboxylic acids is 2. The first kappa shape index (κ1) is 25.5. The highest BCUT2D eigenvalue weighted by Gasteiger charge is 2.40. The number of nitrogens with one attached hydrogen (secondary N) is 1. The predicted molar refractivity (Wildman–Crippen MR) is 139 cm³/mol. The minimum Gasteiger partial charge on any atom is -0.464 e. The van der Waals surface area contributed by atoms with Crippen LogP contribution in [0.2, 0.25) is 0 Å². The number of aromatic nitrogens is 2. The number of nitrogens with zero attached hydrogens (tertiary/aromatic N) is 3. The number of carbonyl (C=O) groups is 2. The number of amides is 1. The highest BCUT2D eigenvalue weighted by molar-refractivity contribution is 7.10. The van der Waals surface area contributed by atoms with Crippen molar-refractivity contribution < 1.29 is 23.9 Å². The Balaban J connectivity index is 1.84. The molecule has 9 nitrogen and oxygen atoms in total. The fourth-order valence-electron chi connectivity index (χ4n) is 3.68. The van der Waals surface area contributed by atoms with Crippen LogP contribution < -0.4 is 5.32 Å². The van der Waals surface area contributed by atoms with Crippen molar-refractivity contribution in [3.63, 3.8) is 0 Å². The van der Waals surface area contributed by atoms with Crippen LogP contribution in [0.25, 0.3) is 0 Å². The first-order valence-corrected chi connectivity index (χ1v) is 12.1. The first-order valence-electron chi connectivity index (χ1n) is 11.4. The zero-order valence-corrected chi connectivity index (χ0v) is 21.0. The summed E-state index contributed by atoms with van der Waals surface area (Å²) in [6.07, 6.45) is -0.686. The molecule has 0 fully saturated rings. The summed E-state index contributed by atoms with van der Waals surface area (Å²) in [5.41, 5.74) is 0.886. The fourth-order valence-corrected chi connectivity index (χ4v) is 4.24. The van der Waals surface area contributed by atoms with Gasteiger partial charge >= 0.3 is 12.1 Å². The second-order valence-electron chi connectivity index (χ2n) is 7.57. The Kier molecular flexibility index (Phi) is 8.22. The van der Waals surface area contributed by atoms with Gasteiger partial charge in [0, 0.05) is 28.2 Å². The van der Waals surface area contributed by atoms with E-state index in [4.69, 9.17) is 14.3 Å². The van der Waals surface area contributed by atoms with E-state index >= 15 is 0 Å².